The van der Waals surface area contributed by atoms with E-state index in [9.17, 15) is 15.0 Å². The summed E-state index contributed by atoms with van der Waals surface area (Å²) in [6, 6.07) is 5.06. The molecule has 0 aromatic heterocycles. The third-order valence-electron chi connectivity index (χ3n) is 4.54. The maximum atomic E-state index is 12.6. The fourth-order valence-electron chi connectivity index (χ4n) is 3.36. The Kier molecular flexibility index (Phi) is 3.87. The van der Waals surface area contributed by atoms with Crippen molar-refractivity contribution in [2.45, 2.75) is 31.9 Å². The predicted octanol–water partition coefficient (Wildman–Crippen LogP) is 0.982. The minimum atomic E-state index is -0.501. The molecule has 5 heteroatoms. The van der Waals surface area contributed by atoms with Gasteiger partial charge in [-0.05, 0) is 45.0 Å². The maximum Gasteiger partial charge on any atom is 0.257 e. The lowest BCUT2D eigenvalue weighted by Crippen LogP contribution is -2.41. The number of benzene rings is 1. The normalized spacial score (nSPS) is 26.5. The molecule has 2 atom stereocenters. The second-order valence-corrected chi connectivity index (χ2v) is 6.11. The fraction of sp³-hybridized carbons (Fsp3) is 0.562. The molecule has 114 valence electrons. The summed E-state index contributed by atoms with van der Waals surface area (Å²) < 4.78 is 0. The van der Waals surface area contributed by atoms with Crippen molar-refractivity contribution < 1.29 is 15.0 Å². The zero-order valence-corrected chi connectivity index (χ0v) is 12.3. The number of phenolic OH excluding ortho intramolecular Hbond substituents is 1. The second kappa shape index (κ2) is 5.66. The predicted molar refractivity (Wildman–Crippen MR) is 79.3 cm³/mol. The second-order valence-electron chi connectivity index (χ2n) is 6.11. The van der Waals surface area contributed by atoms with Gasteiger partial charge in [-0.1, -0.05) is 11.6 Å². The summed E-state index contributed by atoms with van der Waals surface area (Å²) in [5.74, 6) is -0.193. The van der Waals surface area contributed by atoms with Crippen LogP contribution < -0.4 is 0 Å². The van der Waals surface area contributed by atoms with Gasteiger partial charge in [-0.25, -0.2) is 0 Å². The molecule has 0 bridgehead atoms. The van der Waals surface area contributed by atoms with E-state index in [1.54, 1.807) is 23.1 Å². The molecule has 0 aliphatic carbocycles. The molecule has 0 unspecified atom stereocenters. The molecule has 5 nitrogen and oxygen atoms in total. The number of rotatable bonds is 2. The van der Waals surface area contributed by atoms with E-state index in [1.807, 2.05) is 6.92 Å². The van der Waals surface area contributed by atoms with Gasteiger partial charge >= 0.3 is 0 Å². The molecule has 2 aliphatic rings. The monoisotopic (exact) mass is 290 g/mol. The molecule has 2 heterocycles. The fourth-order valence-corrected chi connectivity index (χ4v) is 3.36. The number of β-amino-alcohol motifs (C(OH)–C–C–N with tert-alkyl or cyclic N) is 1. The largest absolute Gasteiger partial charge is 0.507 e. The minimum absolute atomic E-state index is 0.00436. The topological polar surface area (TPSA) is 64.0 Å². The molecule has 1 aromatic rings. The Morgan fingerprint density at radius 1 is 1.24 bits per heavy atom. The van der Waals surface area contributed by atoms with Crippen molar-refractivity contribution in [1.82, 2.24) is 9.80 Å². The van der Waals surface area contributed by atoms with Crippen LogP contribution in [-0.4, -0.2) is 64.2 Å². The Morgan fingerprint density at radius 3 is 2.67 bits per heavy atom. The van der Waals surface area contributed by atoms with Crippen LogP contribution in [0.5, 0.6) is 5.75 Å². The van der Waals surface area contributed by atoms with Crippen LogP contribution in [0.2, 0.25) is 0 Å². The molecule has 1 aromatic carbocycles. The number of carbonyl (C=O) groups excluding carboxylic acids is 1. The number of aryl methyl sites for hydroxylation is 1. The number of hydrogen-bond acceptors (Lipinski definition) is 4. The van der Waals surface area contributed by atoms with Crippen molar-refractivity contribution >= 4 is 5.91 Å². The van der Waals surface area contributed by atoms with Gasteiger partial charge in [-0.15, -0.1) is 0 Å². The first-order chi connectivity index (χ1) is 10.1. The van der Waals surface area contributed by atoms with Crippen molar-refractivity contribution in [3.05, 3.63) is 29.3 Å². The summed E-state index contributed by atoms with van der Waals surface area (Å²) >= 11 is 0. The Labute approximate surface area is 124 Å². The number of hydrogen-bond donors (Lipinski definition) is 2. The van der Waals surface area contributed by atoms with E-state index in [0.717, 1.165) is 31.5 Å². The lowest BCUT2D eigenvalue weighted by molar-refractivity contribution is 0.0760. The number of nitrogens with zero attached hydrogens (tertiary/aromatic N) is 2. The highest BCUT2D eigenvalue weighted by Gasteiger charge is 2.39. The number of likely N-dealkylation sites (tertiary alicyclic amines) is 2. The first kappa shape index (κ1) is 14.4. The first-order valence-corrected chi connectivity index (χ1v) is 7.57. The van der Waals surface area contributed by atoms with Gasteiger partial charge in [0, 0.05) is 13.1 Å². The summed E-state index contributed by atoms with van der Waals surface area (Å²) in [7, 11) is 0. The minimum Gasteiger partial charge on any atom is -0.507 e. The van der Waals surface area contributed by atoms with Gasteiger partial charge in [-0.3, -0.25) is 9.69 Å². The zero-order chi connectivity index (χ0) is 15.0. The van der Waals surface area contributed by atoms with Gasteiger partial charge in [0.25, 0.3) is 5.91 Å². The number of amides is 1. The van der Waals surface area contributed by atoms with Gasteiger partial charge in [0.2, 0.25) is 0 Å². The Balaban J connectivity index is 1.75. The number of aliphatic hydroxyl groups excluding tert-OH is 1. The molecule has 0 spiro atoms. The zero-order valence-electron chi connectivity index (χ0n) is 12.3. The van der Waals surface area contributed by atoms with E-state index < -0.39 is 6.10 Å². The highest BCUT2D eigenvalue weighted by atomic mass is 16.3. The molecular weight excluding hydrogens is 268 g/mol. The number of phenols is 1. The summed E-state index contributed by atoms with van der Waals surface area (Å²) in [5.41, 5.74) is 1.26. The first-order valence-electron chi connectivity index (χ1n) is 7.57. The molecule has 3 rings (SSSR count). The van der Waals surface area contributed by atoms with Crippen molar-refractivity contribution in [2.75, 3.05) is 26.2 Å². The van der Waals surface area contributed by atoms with E-state index >= 15 is 0 Å². The van der Waals surface area contributed by atoms with Crippen LogP contribution in [0.3, 0.4) is 0 Å². The van der Waals surface area contributed by atoms with Crippen molar-refractivity contribution in [3.8, 4) is 5.75 Å². The van der Waals surface area contributed by atoms with Crippen molar-refractivity contribution in [2.24, 2.45) is 0 Å². The molecule has 1 amide bonds. The number of aromatic hydroxyl groups is 1. The molecule has 2 aliphatic heterocycles. The maximum absolute atomic E-state index is 12.6. The van der Waals surface area contributed by atoms with Gasteiger partial charge < -0.3 is 15.1 Å². The molecule has 2 saturated heterocycles. The standard InChI is InChI=1S/C16H22N2O3/c1-11-4-5-14(19)12(8-11)16(21)18-9-13(15(20)10-18)17-6-2-3-7-17/h4-5,8,13,15,19-20H,2-3,6-7,9-10H2,1H3/t13-,15-/m0/s1. The summed E-state index contributed by atoms with van der Waals surface area (Å²) in [5, 5.41) is 20.1. The van der Waals surface area contributed by atoms with E-state index in [2.05, 4.69) is 4.90 Å². The highest BCUT2D eigenvalue weighted by molar-refractivity contribution is 5.97. The molecule has 2 fully saturated rings. The summed E-state index contributed by atoms with van der Waals surface area (Å²) in [4.78, 5) is 16.5. The van der Waals surface area contributed by atoms with Crippen LogP contribution >= 0.6 is 0 Å². The summed E-state index contributed by atoms with van der Waals surface area (Å²) in [6.07, 6.45) is 1.82. The van der Waals surface area contributed by atoms with E-state index in [4.69, 9.17) is 0 Å². The van der Waals surface area contributed by atoms with Crippen LogP contribution in [0.4, 0.5) is 0 Å². The molecular formula is C16H22N2O3. The van der Waals surface area contributed by atoms with E-state index in [-0.39, 0.29) is 17.7 Å². The lowest BCUT2D eigenvalue weighted by atomic mass is 10.1. The Hall–Kier alpha value is -1.59. The van der Waals surface area contributed by atoms with Gasteiger partial charge in [0.1, 0.15) is 5.75 Å². The molecule has 21 heavy (non-hydrogen) atoms. The van der Waals surface area contributed by atoms with Crippen LogP contribution in [0.1, 0.15) is 28.8 Å². The Bertz CT molecular complexity index is 540. The van der Waals surface area contributed by atoms with Crippen molar-refractivity contribution in [1.29, 1.82) is 0 Å². The SMILES string of the molecule is Cc1ccc(O)c(C(=O)N2C[C@H](O)[C@@H](N3CCCC3)C2)c1. The highest BCUT2D eigenvalue weighted by Crippen LogP contribution is 2.25. The molecule has 0 saturated carbocycles. The lowest BCUT2D eigenvalue weighted by Gasteiger charge is -2.25. The van der Waals surface area contributed by atoms with Crippen LogP contribution in [0.25, 0.3) is 0 Å². The number of carbonyl (C=O) groups is 1. The third kappa shape index (κ3) is 2.76. The van der Waals surface area contributed by atoms with Crippen LogP contribution in [-0.2, 0) is 0 Å². The average molecular weight is 290 g/mol. The van der Waals surface area contributed by atoms with E-state index in [0.29, 0.717) is 18.7 Å². The molecule has 0 radical (unpaired) electrons. The van der Waals surface area contributed by atoms with Crippen LogP contribution in [0.15, 0.2) is 18.2 Å². The molecule has 2 N–H and O–H groups in total. The smallest absolute Gasteiger partial charge is 0.257 e. The van der Waals surface area contributed by atoms with Gasteiger partial charge in [0.05, 0.1) is 17.7 Å². The number of aliphatic hydroxyl groups is 1. The Morgan fingerprint density at radius 2 is 1.95 bits per heavy atom. The van der Waals surface area contributed by atoms with Crippen molar-refractivity contribution in [3.63, 3.8) is 0 Å². The van der Waals surface area contributed by atoms with Gasteiger partial charge in [0.15, 0.2) is 0 Å². The third-order valence-corrected chi connectivity index (χ3v) is 4.54. The van der Waals surface area contributed by atoms with E-state index in [1.165, 1.54) is 0 Å². The summed E-state index contributed by atoms with van der Waals surface area (Å²) in [6.45, 7) is 4.77. The average Bonchev–Trinajstić information content (AvgIpc) is 3.09. The quantitative estimate of drug-likeness (QED) is 0.852. The van der Waals surface area contributed by atoms with Crippen LogP contribution in [0, 0.1) is 6.92 Å². The van der Waals surface area contributed by atoms with Gasteiger partial charge in [-0.2, -0.15) is 0 Å².